The van der Waals surface area contributed by atoms with Crippen LogP contribution >= 0.6 is 0 Å². The lowest BCUT2D eigenvalue weighted by atomic mass is 9.97. The van der Waals surface area contributed by atoms with Crippen molar-refractivity contribution in [2.24, 2.45) is 5.92 Å². The molecule has 1 aromatic rings. The summed E-state index contributed by atoms with van der Waals surface area (Å²) in [5.74, 6) is -0.184. The number of nitrogens with zero attached hydrogens (tertiary/aromatic N) is 2. The fraction of sp³-hybridized carbons (Fsp3) is 0.533. The molecule has 112 valence electrons. The molecular weight excluding hydrogens is 268 g/mol. The van der Waals surface area contributed by atoms with Crippen molar-refractivity contribution in [2.45, 2.75) is 31.7 Å². The van der Waals surface area contributed by atoms with E-state index in [4.69, 9.17) is 0 Å². The maximum absolute atomic E-state index is 12.3. The Bertz CT molecular complexity index is 516. The topological polar surface area (TPSA) is 74.3 Å². The minimum absolute atomic E-state index is 0.0311. The standard InChI is InChI=1S/C15H20N4O2/c20-14(17-13-4-1-7-16-9-13)11-3-2-8-19(10-11)15(21)18-12-5-6-12/h1,4,7,9,11-12H,2-3,5-6,8,10H2,(H,17,20)(H,18,21). The predicted molar refractivity (Wildman–Crippen MR) is 78.7 cm³/mol. The molecule has 3 amide bonds. The number of urea groups is 1. The highest BCUT2D eigenvalue weighted by molar-refractivity contribution is 5.93. The van der Waals surface area contributed by atoms with E-state index in [1.807, 2.05) is 6.07 Å². The first kappa shape index (κ1) is 13.9. The van der Waals surface area contributed by atoms with E-state index in [1.165, 1.54) is 0 Å². The Morgan fingerprint density at radius 2 is 2.14 bits per heavy atom. The molecule has 1 saturated carbocycles. The lowest BCUT2D eigenvalue weighted by Gasteiger charge is -2.32. The minimum atomic E-state index is -0.149. The van der Waals surface area contributed by atoms with Gasteiger partial charge in [-0.2, -0.15) is 0 Å². The molecule has 1 unspecified atom stereocenters. The first-order valence-corrected chi connectivity index (χ1v) is 7.49. The van der Waals surface area contributed by atoms with E-state index in [2.05, 4.69) is 15.6 Å². The SMILES string of the molecule is O=C(Nc1cccnc1)C1CCCN(C(=O)NC2CC2)C1. The van der Waals surface area contributed by atoms with Gasteiger partial charge in [0.15, 0.2) is 0 Å². The van der Waals surface area contributed by atoms with Crippen LogP contribution in [0.25, 0.3) is 0 Å². The normalized spacial score (nSPS) is 21.7. The quantitative estimate of drug-likeness (QED) is 0.887. The molecule has 1 aromatic heterocycles. The number of amides is 3. The summed E-state index contributed by atoms with van der Waals surface area (Å²) in [4.78, 5) is 30.1. The number of hydrogen-bond acceptors (Lipinski definition) is 3. The van der Waals surface area contributed by atoms with E-state index in [9.17, 15) is 9.59 Å². The van der Waals surface area contributed by atoms with Crippen molar-refractivity contribution in [3.63, 3.8) is 0 Å². The molecule has 1 atom stereocenters. The molecule has 6 heteroatoms. The Kier molecular flexibility index (Phi) is 4.03. The van der Waals surface area contributed by atoms with Crippen molar-refractivity contribution in [1.29, 1.82) is 0 Å². The predicted octanol–water partition coefficient (Wildman–Crippen LogP) is 1.60. The summed E-state index contributed by atoms with van der Waals surface area (Å²) < 4.78 is 0. The van der Waals surface area contributed by atoms with Crippen molar-refractivity contribution >= 4 is 17.6 Å². The zero-order chi connectivity index (χ0) is 14.7. The summed E-state index contributed by atoms with van der Waals surface area (Å²) in [5, 5.41) is 5.84. The number of hydrogen-bond donors (Lipinski definition) is 2. The number of rotatable bonds is 3. The van der Waals surface area contributed by atoms with Crippen molar-refractivity contribution in [3.05, 3.63) is 24.5 Å². The highest BCUT2D eigenvalue weighted by Crippen LogP contribution is 2.22. The van der Waals surface area contributed by atoms with Crippen LogP contribution in [-0.4, -0.2) is 41.0 Å². The summed E-state index contributed by atoms with van der Waals surface area (Å²) in [6.07, 6.45) is 7.12. The summed E-state index contributed by atoms with van der Waals surface area (Å²) in [5.41, 5.74) is 0.696. The Morgan fingerprint density at radius 1 is 1.29 bits per heavy atom. The zero-order valence-electron chi connectivity index (χ0n) is 11.9. The number of carbonyl (C=O) groups excluding carboxylic acids is 2. The van der Waals surface area contributed by atoms with Gasteiger partial charge in [-0.1, -0.05) is 0 Å². The maximum Gasteiger partial charge on any atom is 0.317 e. The average molecular weight is 288 g/mol. The molecular formula is C15H20N4O2. The molecule has 3 rings (SSSR count). The van der Waals surface area contributed by atoms with Gasteiger partial charge in [0.25, 0.3) is 0 Å². The minimum Gasteiger partial charge on any atom is -0.335 e. The van der Waals surface area contributed by atoms with Gasteiger partial charge >= 0.3 is 6.03 Å². The fourth-order valence-corrected chi connectivity index (χ4v) is 2.55. The maximum atomic E-state index is 12.3. The highest BCUT2D eigenvalue weighted by atomic mass is 16.2. The molecule has 1 saturated heterocycles. The average Bonchev–Trinajstić information content (AvgIpc) is 3.32. The van der Waals surface area contributed by atoms with Crippen LogP contribution in [0.5, 0.6) is 0 Å². The summed E-state index contributed by atoms with van der Waals surface area (Å²) in [7, 11) is 0. The number of nitrogens with one attached hydrogen (secondary N) is 2. The first-order chi connectivity index (χ1) is 10.2. The number of pyridine rings is 1. The van der Waals surface area contributed by atoms with E-state index in [1.54, 1.807) is 23.4 Å². The molecule has 0 spiro atoms. The second-order valence-electron chi connectivity index (χ2n) is 5.74. The van der Waals surface area contributed by atoms with Crippen LogP contribution in [0.15, 0.2) is 24.5 Å². The van der Waals surface area contributed by atoms with E-state index < -0.39 is 0 Å². The number of carbonyl (C=O) groups is 2. The van der Waals surface area contributed by atoms with Crippen molar-refractivity contribution in [2.75, 3.05) is 18.4 Å². The Morgan fingerprint density at radius 3 is 2.86 bits per heavy atom. The largest absolute Gasteiger partial charge is 0.335 e. The Labute approximate surface area is 123 Å². The molecule has 2 N–H and O–H groups in total. The van der Waals surface area contributed by atoms with Crippen molar-refractivity contribution in [3.8, 4) is 0 Å². The number of anilines is 1. The van der Waals surface area contributed by atoms with E-state index in [-0.39, 0.29) is 17.9 Å². The van der Waals surface area contributed by atoms with E-state index in [0.717, 1.165) is 32.2 Å². The molecule has 21 heavy (non-hydrogen) atoms. The van der Waals surface area contributed by atoms with Gasteiger partial charge in [0.1, 0.15) is 0 Å². The first-order valence-electron chi connectivity index (χ1n) is 7.49. The second-order valence-corrected chi connectivity index (χ2v) is 5.74. The smallest absolute Gasteiger partial charge is 0.317 e. The molecule has 2 fully saturated rings. The van der Waals surface area contributed by atoms with Gasteiger partial charge in [-0.3, -0.25) is 9.78 Å². The molecule has 0 aromatic carbocycles. The lowest BCUT2D eigenvalue weighted by molar-refractivity contribution is -0.121. The lowest BCUT2D eigenvalue weighted by Crippen LogP contribution is -2.48. The molecule has 0 radical (unpaired) electrons. The zero-order valence-corrected chi connectivity index (χ0v) is 11.9. The van der Waals surface area contributed by atoms with Crippen molar-refractivity contribution < 1.29 is 9.59 Å². The van der Waals surface area contributed by atoms with Crippen LogP contribution in [0.1, 0.15) is 25.7 Å². The third-order valence-corrected chi connectivity index (χ3v) is 3.91. The van der Waals surface area contributed by atoms with Gasteiger partial charge in [-0.15, -0.1) is 0 Å². The summed E-state index contributed by atoms with van der Waals surface area (Å²) in [6, 6.07) is 3.91. The fourth-order valence-electron chi connectivity index (χ4n) is 2.55. The van der Waals surface area contributed by atoms with Gasteiger partial charge in [0.2, 0.25) is 5.91 Å². The number of likely N-dealkylation sites (tertiary alicyclic amines) is 1. The van der Waals surface area contributed by atoms with Crippen LogP contribution in [0.2, 0.25) is 0 Å². The number of aromatic nitrogens is 1. The van der Waals surface area contributed by atoms with Gasteiger partial charge in [0.05, 0.1) is 17.8 Å². The number of piperidine rings is 1. The second kappa shape index (κ2) is 6.11. The molecule has 2 aliphatic rings. The molecule has 0 bridgehead atoms. The summed E-state index contributed by atoms with van der Waals surface area (Å²) >= 11 is 0. The van der Waals surface area contributed by atoms with Crippen LogP contribution in [0.4, 0.5) is 10.5 Å². The third-order valence-electron chi connectivity index (χ3n) is 3.91. The monoisotopic (exact) mass is 288 g/mol. The van der Waals surface area contributed by atoms with Crippen LogP contribution in [0.3, 0.4) is 0 Å². The highest BCUT2D eigenvalue weighted by Gasteiger charge is 2.31. The third kappa shape index (κ3) is 3.71. The molecule has 6 nitrogen and oxygen atoms in total. The molecule has 1 aliphatic heterocycles. The summed E-state index contributed by atoms with van der Waals surface area (Å²) in [6.45, 7) is 1.22. The van der Waals surface area contributed by atoms with Crippen LogP contribution in [-0.2, 0) is 4.79 Å². The van der Waals surface area contributed by atoms with Gasteiger partial charge in [-0.05, 0) is 37.8 Å². The molecule has 2 heterocycles. The van der Waals surface area contributed by atoms with Crippen LogP contribution in [0, 0.1) is 5.92 Å². The Hall–Kier alpha value is -2.11. The van der Waals surface area contributed by atoms with Gasteiger partial charge in [-0.25, -0.2) is 4.79 Å². The Balaban J connectivity index is 1.54. The van der Waals surface area contributed by atoms with Gasteiger partial charge in [0, 0.05) is 25.3 Å². The van der Waals surface area contributed by atoms with Gasteiger partial charge < -0.3 is 15.5 Å². The van der Waals surface area contributed by atoms with E-state index in [0.29, 0.717) is 18.3 Å². The van der Waals surface area contributed by atoms with Crippen LogP contribution < -0.4 is 10.6 Å². The molecule has 1 aliphatic carbocycles. The van der Waals surface area contributed by atoms with E-state index >= 15 is 0 Å². The van der Waals surface area contributed by atoms with Crippen molar-refractivity contribution in [1.82, 2.24) is 15.2 Å².